The van der Waals surface area contributed by atoms with Gasteiger partial charge in [-0.25, -0.2) is 8.42 Å². The van der Waals surface area contributed by atoms with Gasteiger partial charge in [-0.05, 0) is 43.7 Å². The van der Waals surface area contributed by atoms with Crippen molar-refractivity contribution in [3.8, 4) is 5.75 Å². The van der Waals surface area contributed by atoms with Crippen molar-refractivity contribution in [1.82, 2.24) is 0 Å². The van der Waals surface area contributed by atoms with E-state index in [0.717, 1.165) is 10.6 Å². The predicted molar refractivity (Wildman–Crippen MR) is 105 cm³/mol. The zero-order chi connectivity index (χ0) is 19.5. The second-order valence-corrected chi connectivity index (χ2v) is 8.15. The van der Waals surface area contributed by atoms with E-state index in [9.17, 15) is 13.2 Å². The van der Waals surface area contributed by atoms with Crippen molar-refractivity contribution in [1.29, 1.82) is 0 Å². The fourth-order valence-corrected chi connectivity index (χ4v) is 3.98. The third-order valence-electron chi connectivity index (χ3n) is 3.86. The number of para-hydroxylation sites is 2. The number of nitrogens with one attached hydrogen (secondary N) is 1. The van der Waals surface area contributed by atoms with Crippen LogP contribution in [0.15, 0.2) is 42.5 Å². The molecule has 8 heteroatoms. The minimum atomic E-state index is -3.73. The molecule has 1 atom stereocenters. The number of carbonyl (C=O) groups excluding carboxylic acids is 1. The summed E-state index contributed by atoms with van der Waals surface area (Å²) in [6, 6.07) is 10.8. The van der Waals surface area contributed by atoms with Crippen LogP contribution < -0.4 is 14.4 Å². The molecule has 140 valence electrons. The third kappa shape index (κ3) is 4.47. The van der Waals surface area contributed by atoms with E-state index in [1.807, 2.05) is 0 Å². The van der Waals surface area contributed by atoms with Crippen molar-refractivity contribution in [2.75, 3.05) is 23.0 Å². The summed E-state index contributed by atoms with van der Waals surface area (Å²) in [5.74, 6) is -0.00260. The van der Waals surface area contributed by atoms with Gasteiger partial charge < -0.3 is 10.1 Å². The normalized spacial score (nSPS) is 12.3. The first-order valence-electron chi connectivity index (χ1n) is 7.84. The molecule has 0 bridgehead atoms. The maximum Gasteiger partial charge on any atom is 0.248 e. The first-order chi connectivity index (χ1) is 12.1. The number of hydrogen-bond acceptors (Lipinski definition) is 4. The Morgan fingerprint density at radius 3 is 2.50 bits per heavy atom. The Morgan fingerprint density at radius 1 is 1.23 bits per heavy atom. The van der Waals surface area contributed by atoms with Gasteiger partial charge in [0.2, 0.25) is 15.9 Å². The quantitative estimate of drug-likeness (QED) is 0.811. The second kappa shape index (κ2) is 7.97. The molecule has 0 aliphatic heterocycles. The molecule has 0 aliphatic carbocycles. The summed E-state index contributed by atoms with van der Waals surface area (Å²) in [5.41, 5.74) is 1.52. The first-order valence-corrected chi connectivity index (χ1v) is 10.1. The van der Waals surface area contributed by atoms with E-state index >= 15 is 0 Å². The topological polar surface area (TPSA) is 75.7 Å². The largest absolute Gasteiger partial charge is 0.495 e. The Balaban J connectivity index is 2.40. The number of rotatable bonds is 6. The van der Waals surface area contributed by atoms with Gasteiger partial charge >= 0.3 is 0 Å². The van der Waals surface area contributed by atoms with Crippen molar-refractivity contribution >= 4 is 38.9 Å². The maximum atomic E-state index is 12.7. The minimum absolute atomic E-state index is 0.364. The van der Waals surface area contributed by atoms with Crippen molar-refractivity contribution in [2.24, 2.45) is 0 Å². The average molecular weight is 397 g/mol. The van der Waals surface area contributed by atoms with Crippen molar-refractivity contribution in [2.45, 2.75) is 19.9 Å². The summed E-state index contributed by atoms with van der Waals surface area (Å²) in [6.45, 7) is 3.28. The molecule has 0 aromatic heterocycles. The van der Waals surface area contributed by atoms with Gasteiger partial charge in [0.15, 0.2) is 0 Å². The Morgan fingerprint density at radius 2 is 1.88 bits per heavy atom. The lowest BCUT2D eigenvalue weighted by Crippen LogP contribution is -2.45. The van der Waals surface area contributed by atoms with E-state index in [-0.39, 0.29) is 0 Å². The zero-order valence-corrected chi connectivity index (χ0v) is 16.6. The molecule has 0 unspecified atom stereocenters. The smallest absolute Gasteiger partial charge is 0.248 e. The molecule has 0 heterocycles. The van der Waals surface area contributed by atoms with Gasteiger partial charge in [-0.2, -0.15) is 0 Å². The number of ether oxygens (including phenoxy) is 1. The summed E-state index contributed by atoms with van der Waals surface area (Å²) in [6.07, 6.45) is 1.06. The van der Waals surface area contributed by atoms with Gasteiger partial charge in [-0.1, -0.05) is 29.8 Å². The van der Waals surface area contributed by atoms with Crippen LogP contribution in [-0.2, 0) is 14.8 Å². The number of benzene rings is 2. The Kier molecular flexibility index (Phi) is 6.15. The standard InChI is InChI=1S/C18H21ClN2O4S/c1-12-9-10-14(19)11-16(12)21(26(4,23)24)13(2)18(22)20-15-7-5-6-8-17(15)25-3/h5-11,13H,1-4H3,(H,20,22)/t13-/m1/s1. The fourth-order valence-electron chi connectivity index (χ4n) is 2.59. The van der Waals surface area contributed by atoms with Gasteiger partial charge in [-0.15, -0.1) is 0 Å². The Labute approximate surface area is 158 Å². The summed E-state index contributed by atoms with van der Waals surface area (Å²) in [4.78, 5) is 12.7. The molecule has 26 heavy (non-hydrogen) atoms. The molecule has 6 nitrogen and oxygen atoms in total. The van der Waals surface area contributed by atoms with Crippen LogP contribution in [0.1, 0.15) is 12.5 Å². The highest BCUT2D eigenvalue weighted by Gasteiger charge is 2.30. The van der Waals surface area contributed by atoms with E-state index in [1.54, 1.807) is 43.3 Å². The van der Waals surface area contributed by atoms with Gasteiger partial charge in [-0.3, -0.25) is 9.10 Å². The van der Waals surface area contributed by atoms with Crippen LogP contribution in [-0.4, -0.2) is 33.7 Å². The molecule has 0 saturated carbocycles. The lowest BCUT2D eigenvalue weighted by Gasteiger charge is -2.29. The van der Waals surface area contributed by atoms with Crippen molar-refractivity contribution in [3.05, 3.63) is 53.1 Å². The average Bonchev–Trinajstić information content (AvgIpc) is 2.57. The van der Waals surface area contributed by atoms with Crippen molar-refractivity contribution in [3.63, 3.8) is 0 Å². The molecule has 2 rings (SSSR count). The Hall–Kier alpha value is -2.25. The van der Waals surface area contributed by atoms with E-state index in [4.69, 9.17) is 16.3 Å². The van der Waals surface area contributed by atoms with E-state index in [2.05, 4.69) is 5.32 Å². The molecule has 0 aliphatic rings. The molecule has 0 radical (unpaired) electrons. The fraction of sp³-hybridized carbons (Fsp3) is 0.278. The summed E-state index contributed by atoms with van der Waals surface area (Å²) >= 11 is 6.03. The summed E-state index contributed by atoms with van der Waals surface area (Å²) in [7, 11) is -2.23. The van der Waals surface area contributed by atoms with Crippen LogP contribution in [0, 0.1) is 6.92 Å². The number of nitrogens with zero attached hydrogens (tertiary/aromatic N) is 1. The third-order valence-corrected chi connectivity index (χ3v) is 5.32. The van der Waals surface area contributed by atoms with E-state index in [1.165, 1.54) is 20.1 Å². The lowest BCUT2D eigenvalue weighted by molar-refractivity contribution is -0.116. The molecule has 2 aromatic carbocycles. The SMILES string of the molecule is COc1ccccc1NC(=O)[C@@H](C)N(c1cc(Cl)ccc1C)S(C)(=O)=O. The molecule has 0 fully saturated rings. The minimum Gasteiger partial charge on any atom is -0.495 e. The molecule has 2 aromatic rings. The summed E-state index contributed by atoms with van der Waals surface area (Å²) in [5, 5.41) is 3.10. The first kappa shape index (κ1) is 20.1. The highest BCUT2D eigenvalue weighted by atomic mass is 35.5. The highest BCUT2D eigenvalue weighted by molar-refractivity contribution is 7.92. The summed E-state index contributed by atoms with van der Waals surface area (Å²) < 4.78 is 31.1. The van der Waals surface area contributed by atoms with Gasteiger partial charge in [0.05, 0.1) is 24.7 Å². The number of carbonyl (C=O) groups is 1. The molecular weight excluding hydrogens is 376 g/mol. The van der Waals surface area contributed by atoms with Crippen LogP contribution in [0.4, 0.5) is 11.4 Å². The van der Waals surface area contributed by atoms with Crippen LogP contribution >= 0.6 is 11.6 Å². The number of amides is 1. The second-order valence-electron chi connectivity index (χ2n) is 5.86. The van der Waals surface area contributed by atoms with Crippen LogP contribution in [0.3, 0.4) is 0 Å². The molecule has 1 N–H and O–H groups in total. The van der Waals surface area contributed by atoms with E-state index in [0.29, 0.717) is 27.7 Å². The zero-order valence-electron chi connectivity index (χ0n) is 15.0. The number of aryl methyl sites for hydroxylation is 1. The van der Waals surface area contributed by atoms with Gasteiger partial charge in [0.25, 0.3) is 0 Å². The number of hydrogen-bond donors (Lipinski definition) is 1. The number of methoxy groups -OCH3 is 1. The molecular formula is C18H21ClN2O4S. The van der Waals surface area contributed by atoms with E-state index < -0.39 is 22.0 Å². The number of halogens is 1. The molecule has 1 amide bonds. The monoisotopic (exact) mass is 396 g/mol. The number of anilines is 2. The lowest BCUT2D eigenvalue weighted by atomic mass is 10.1. The van der Waals surface area contributed by atoms with Gasteiger partial charge in [0.1, 0.15) is 11.8 Å². The van der Waals surface area contributed by atoms with Crippen LogP contribution in [0.5, 0.6) is 5.75 Å². The predicted octanol–water partition coefficient (Wildman–Crippen LogP) is 3.45. The van der Waals surface area contributed by atoms with Crippen LogP contribution in [0.2, 0.25) is 5.02 Å². The highest BCUT2D eigenvalue weighted by Crippen LogP contribution is 2.29. The maximum absolute atomic E-state index is 12.7. The number of sulfonamides is 1. The molecule has 0 saturated heterocycles. The molecule has 0 spiro atoms. The van der Waals surface area contributed by atoms with Gasteiger partial charge in [0, 0.05) is 5.02 Å². The Bertz CT molecular complexity index is 915. The van der Waals surface area contributed by atoms with Crippen LogP contribution in [0.25, 0.3) is 0 Å². The van der Waals surface area contributed by atoms with Crippen molar-refractivity contribution < 1.29 is 17.9 Å².